The van der Waals surface area contributed by atoms with E-state index in [-0.39, 0.29) is 34.5 Å². The molecule has 0 bridgehead atoms. The number of aryl methyl sites for hydroxylation is 1. The molecule has 33 heavy (non-hydrogen) atoms. The number of carbonyl (C=O) groups excluding carboxylic acids is 1. The number of ether oxygens (including phenoxy) is 1. The summed E-state index contributed by atoms with van der Waals surface area (Å²) in [5.74, 6) is -0.387. The zero-order valence-corrected chi connectivity index (χ0v) is 18.8. The SMILES string of the molecule is CNC(=O)c1c(-c2ccc(C)cc2)oc2cc3c(cc12)C(C(F)(F)F)OCCN3S(C)(=O)=O. The van der Waals surface area contributed by atoms with Gasteiger partial charge in [-0.15, -0.1) is 0 Å². The molecule has 0 radical (unpaired) electrons. The highest BCUT2D eigenvalue weighted by atomic mass is 32.2. The molecule has 1 amide bonds. The number of halogens is 3. The molecule has 1 aliphatic heterocycles. The molecule has 1 N–H and O–H groups in total. The van der Waals surface area contributed by atoms with Crippen LogP contribution in [0.15, 0.2) is 40.8 Å². The van der Waals surface area contributed by atoms with E-state index < -0.39 is 40.4 Å². The standard InChI is InChI=1S/C22H21F3N2O5S/c1-12-4-6-13(7-5-12)19-18(21(28)26-2)15-10-14-16(11-17(15)32-19)27(33(3,29)30)8-9-31-20(14)22(23,24)25/h4-7,10-11,20H,8-9H2,1-3H3,(H,26,28). The maximum Gasteiger partial charge on any atom is 0.418 e. The Morgan fingerprint density at radius 2 is 1.85 bits per heavy atom. The third kappa shape index (κ3) is 4.18. The highest BCUT2D eigenvalue weighted by Gasteiger charge is 2.46. The number of fused-ring (bicyclic) bond motifs is 2. The number of hydrogen-bond acceptors (Lipinski definition) is 5. The zero-order chi connectivity index (χ0) is 24.1. The fraction of sp³-hybridized carbons (Fsp3) is 0.318. The molecule has 0 saturated heterocycles. The number of nitrogens with one attached hydrogen (secondary N) is 1. The van der Waals surface area contributed by atoms with E-state index in [1.807, 2.05) is 19.1 Å². The molecule has 4 rings (SSSR count). The van der Waals surface area contributed by atoms with Gasteiger partial charge in [0.05, 0.1) is 30.7 Å². The van der Waals surface area contributed by atoms with Crippen molar-refractivity contribution in [2.45, 2.75) is 19.2 Å². The van der Waals surface area contributed by atoms with Gasteiger partial charge in [-0.3, -0.25) is 9.10 Å². The highest BCUT2D eigenvalue weighted by molar-refractivity contribution is 7.92. The number of benzene rings is 2. The number of rotatable bonds is 3. The maximum absolute atomic E-state index is 13.9. The molecule has 3 aromatic rings. The van der Waals surface area contributed by atoms with Crippen LogP contribution in [0, 0.1) is 6.92 Å². The van der Waals surface area contributed by atoms with Crippen molar-refractivity contribution in [1.29, 1.82) is 0 Å². The molecule has 0 fully saturated rings. The zero-order valence-electron chi connectivity index (χ0n) is 18.0. The number of hydrogen-bond donors (Lipinski definition) is 1. The minimum Gasteiger partial charge on any atom is -0.455 e. The van der Waals surface area contributed by atoms with Gasteiger partial charge in [0.25, 0.3) is 5.91 Å². The molecule has 0 aliphatic carbocycles. The quantitative estimate of drug-likeness (QED) is 0.606. The van der Waals surface area contributed by atoms with Gasteiger partial charge < -0.3 is 14.5 Å². The molecule has 0 spiro atoms. The molecule has 0 saturated carbocycles. The van der Waals surface area contributed by atoms with Crippen LogP contribution in [0.5, 0.6) is 0 Å². The predicted molar refractivity (Wildman–Crippen MR) is 117 cm³/mol. The molecule has 1 unspecified atom stereocenters. The van der Waals surface area contributed by atoms with E-state index in [2.05, 4.69) is 5.32 Å². The lowest BCUT2D eigenvalue weighted by Gasteiger charge is -2.23. The van der Waals surface area contributed by atoms with E-state index in [9.17, 15) is 26.4 Å². The first kappa shape index (κ1) is 23.1. The van der Waals surface area contributed by atoms with Crippen LogP contribution < -0.4 is 9.62 Å². The van der Waals surface area contributed by atoms with Gasteiger partial charge >= 0.3 is 6.18 Å². The van der Waals surface area contributed by atoms with Crippen molar-refractivity contribution in [2.75, 3.05) is 30.8 Å². The molecule has 176 valence electrons. The number of carbonyl (C=O) groups is 1. The number of nitrogens with zero attached hydrogens (tertiary/aromatic N) is 1. The molecule has 1 aromatic heterocycles. The summed E-state index contributed by atoms with van der Waals surface area (Å²) in [4.78, 5) is 12.8. The summed E-state index contributed by atoms with van der Waals surface area (Å²) in [5.41, 5.74) is 1.05. The van der Waals surface area contributed by atoms with Crippen molar-refractivity contribution in [3.63, 3.8) is 0 Å². The Labute approximate surface area is 188 Å². The van der Waals surface area contributed by atoms with Crippen molar-refractivity contribution in [3.05, 3.63) is 53.1 Å². The number of anilines is 1. The Bertz CT molecular complexity index is 1330. The summed E-state index contributed by atoms with van der Waals surface area (Å²) < 4.78 is 78.2. The summed E-state index contributed by atoms with van der Waals surface area (Å²) in [6, 6.07) is 9.44. The van der Waals surface area contributed by atoms with Crippen LogP contribution in [0.1, 0.15) is 27.6 Å². The first-order valence-electron chi connectivity index (χ1n) is 9.97. The highest BCUT2D eigenvalue weighted by Crippen LogP contribution is 2.46. The Balaban J connectivity index is 2.07. The van der Waals surface area contributed by atoms with E-state index in [1.54, 1.807) is 12.1 Å². The molecule has 1 aliphatic rings. The fourth-order valence-corrected chi connectivity index (χ4v) is 4.83. The number of furan rings is 1. The molecule has 2 heterocycles. The van der Waals surface area contributed by atoms with E-state index in [0.29, 0.717) is 5.56 Å². The minimum atomic E-state index is -4.80. The molecule has 7 nitrogen and oxygen atoms in total. The first-order chi connectivity index (χ1) is 15.4. The summed E-state index contributed by atoms with van der Waals surface area (Å²) in [6.07, 6.45) is -6.25. The largest absolute Gasteiger partial charge is 0.455 e. The molecular weight excluding hydrogens is 461 g/mol. The van der Waals surface area contributed by atoms with Crippen molar-refractivity contribution in [2.24, 2.45) is 0 Å². The average Bonchev–Trinajstić information content (AvgIpc) is 2.97. The predicted octanol–water partition coefficient (Wildman–Crippen LogP) is 4.17. The van der Waals surface area contributed by atoms with Crippen molar-refractivity contribution < 1.29 is 35.5 Å². The fourth-order valence-electron chi connectivity index (χ4n) is 3.91. The van der Waals surface area contributed by atoms with Crippen LogP contribution in [-0.2, 0) is 14.8 Å². The van der Waals surface area contributed by atoms with Gasteiger partial charge in [0.1, 0.15) is 11.3 Å². The normalized spacial score (nSPS) is 17.0. The first-order valence-corrected chi connectivity index (χ1v) is 11.8. The van der Waals surface area contributed by atoms with Crippen molar-refractivity contribution >= 4 is 32.6 Å². The van der Waals surface area contributed by atoms with Crippen LogP contribution in [0.3, 0.4) is 0 Å². The third-order valence-corrected chi connectivity index (χ3v) is 6.61. The Hall–Kier alpha value is -3.05. The van der Waals surface area contributed by atoms with Crippen molar-refractivity contribution in [1.82, 2.24) is 5.32 Å². The van der Waals surface area contributed by atoms with Gasteiger partial charge in [-0.25, -0.2) is 8.42 Å². The van der Waals surface area contributed by atoms with Gasteiger partial charge in [-0.2, -0.15) is 13.2 Å². The van der Waals surface area contributed by atoms with Crippen LogP contribution in [0.4, 0.5) is 18.9 Å². The van der Waals surface area contributed by atoms with Gasteiger partial charge in [0.15, 0.2) is 6.10 Å². The van der Waals surface area contributed by atoms with Gasteiger partial charge in [0.2, 0.25) is 10.0 Å². The smallest absolute Gasteiger partial charge is 0.418 e. The van der Waals surface area contributed by atoms with Crippen LogP contribution in [0.25, 0.3) is 22.3 Å². The summed E-state index contributed by atoms with van der Waals surface area (Å²) >= 11 is 0. The Morgan fingerprint density at radius 1 is 1.18 bits per heavy atom. The topological polar surface area (TPSA) is 88.8 Å². The second kappa shape index (κ2) is 8.07. The van der Waals surface area contributed by atoms with Gasteiger partial charge in [0, 0.05) is 29.6 Å². The van der Waals surface area contributed by atoms with Gasteiger partial charge in [-0.05, 0) is 13.0 Å². The van der Waals surface area contributed by atoms with E-state index in [1.165, 1.54) is 13.1 Å². The minimum absolute atomic E-state index is 0.0511. The molecule has 1 atom stereocenters. The molecular formula is C22H21F3N2O5S. The summed E-state index contributed by atoms with van der Waals surface area (Å²) in [5, 5.41) is 2.61. The Kier molecular flexibility index (Phi) is 5.65. The summed E-state index contributed by atoms with van der Waals surface area (Å²) in [6.45, 7) is 1.14. The lowest BCUT2D eigenvalue weighted by Crippen LogP contribution is -2.32. The van der Waals surface area contributed by atoms with Crippen LogP contribution in [-0.4, -0.2) is 47.0 Å². The van der Waals surface area contributed by atoms with E-state index in [4.69, 9.17) is 9.15 Å². The van der Waals surface area contributed by atoms with E-state index in [0.717, 1.165) is 22.2 Å². The maximum atomic E-state index is 13.9. The van der Waals surface area contributed by atoms with Crippen LogP contribution in [0.2, 0.25) is 0 Å². The summed E-state index contributed by atoms with van der Waals surface area (Å²) in [7, 11) is -2.52. The number of alkyl halides is 3. The van der Waals surface area contributed by atoms with Crippen molar-refractivity contribution in [3.8, 4) is 11.3 Å². The Morgan fingerprint density at radius 3 is 2.42 bits per heavy atom. The second-order valence-electron chi connectivity index (χ2n) is 7.79. The average molecular weight is 482 g/mol. The molecule has 11 heteroatoms. The third-order valence-electron chi connectivity index (χ3n) is 5.43. The van der Waals surface area contributed by atoms with E-state index >= 15 is 0 Å². The molecule has 2 aromatic carbocycles. The van der Waals surface area contributed by atoms with Crippen LogP contribution >= 0.6 is 0 Å². The number of sulfonamides is 1. The number of amides is 1. The monoisotopic (exact) mass is 482 g/mol. The lowest BCUT2D eigenvalue weighted by atomic mass is 9.99. The second-order valence-corrected chi connectivity index (χ2v) is 9.69. The lowest BCUT2D eigenvalue weighted by molar-refractivity contribution is -0.221. The van der Waals surface area contributed by atoms with Gasteiger partial charge in [-0.1, -0.05) is 29.8 Å².